The van der Waals surface area contributed by atoms with Crippen molar-refractivity contribution in [3.63, 3.8) is 0 Å². The molecule has 0 aliphatic carbocycles. The SMILES string of the molecule is CCC(=O)OCCc1ccc(F)cc1.CCOC(=O)CC. The summed E-state index contributed by atoms with van der Waals surface area (Å²) in [5.41, 5.74) is 0.968. The minimum absolute atomic E-state index is 0.123. The van der Waals surface area contributed by atoms with Gasteiger partial charge in [-0.15, -0.1) is 0 Å². The number of ether oxygens (including phenoxy) is 2. The van der Waals surface area contributed by atoms with E-state index in [1.807, 2.05) is 0 Å². The molecule has 0 aliphatic heterocycles. The van der Waals surface area contributed by atoms with Gasteiger partial charge in [-0.1, -0.05) is 26.0 Å². The Morgan fingerprint density at radius 1 is 0.952 bits per heavy atom. The van der Waals surface area contributed by atoms with E-state index < -0.39 is 0 Å². The van der Waals surface area contributed by atoms with Crippen molar-refractivity contribution < 1.29 is 23.5 Å². The Morgan fingerprint density at radius 3 is 1.90 bits per heavy atom. The molecule has 0 aromatic heterocycles. The second-order valence-electron chi connectivity index (χ2n) is 4.11. The van der Waals surface area contributed by atoms with Gasteiger partial charge in [0.1, 0.15) is 5.82 Å². The summed E-state index contributed by atoms with van der Waals surface area (Å²) in [4.78, 5) is 21.0. The first-order chi connectivity index (χ1) is 10.0. The molecule has 0 radical (unpaired) electrons. The largest absolute Gasteiger partial charge is 0.466 e. The Hall–Kier alpha value is -1.91. The van der Waals surface area contributed by atoms with E-state index >= 15 is 0 Å². The molecule has 1 aromatic carbocycles. The maximum atomic E-state index is 12.5. The van der Waals surface area contributed by atoms with Crippen molar-refractivity contribution >= 4 is 11.9 Å². The fourth-order valence-electron chi connectivity index (χ4n) is 1.30. The Balaban J connectivity index is 0.000000486. The molecule has 0 atom stereocenters. The van der Waals surface area contributed by atoms with Gasteiger partial charge in [-0.3, -0.25) is 9.59 Å². The number of carbonyl (C=O) groups is 2. The van der Waals surface area contributed by atoms with Crippen LogP contribution in [0.3, 0.4) is 0 Å². The van der Waals surface area contributed by atoms with Crippen molar-refractivity contribution in [2.75, 3.05) is 13.2 Å². The van der Waals surface area contributed by atoms with E-state index in [2.05, 4.69) is 4.74 Å². The summed E-state index contributed by atoms with van der Waals surface area (Å²) in [6.45, 7) is 6.18. The van der Waals surface area contributed by atoms with E-state index in [0.717, 1.165) is 5.56 Å². The van der Waals surface area contributed by atoms with Crippen LogP contribution in [0.15, 0.2) is 24.3 Å². The molecule has 0 saturated carbocycles. The van der Waals surface area contributed by atoms with Crippen LogP contribution < -0.4 is 0 Å². The minimum atomic E-state index is -0.251. The highest BCUT2D eigenvalue weighted by atomic mass is 19.1. The topological polar surface area (TPSA) is 52.6 Å². The fourth-order valence-corrected chi connectivity index (χ4v) is 1.30. The average molecular weight is 298 g/mol. The van der Waals surface area contributed by atoms with E-state index in [-0.39, 0.29) is 17.8 Å². The first-order valence-electron chi connectivity index (χ1n) is 7.09. The first kappa shape index (κ1) is 19.1. The van der Waals surface area contributed by atoms with Crippen molar-refractivity contribution in [2.45, 2.75) is 40.0 Å². The molecule has 118 valence electrons. The van der Waals surface area contributed by atoms with Crippen LogP contribution in [0.2, 0.25) is 0 Å². The van der Waals surface area contributed by atoms with Crippen LogP contribution in [-0.4, -0.2) is 25.2 Å². The molecule has 0 heterocycles. The van der Waals surface area contributed by atoms with Gasteiger partial charge in [0, 0.05) is 19.3 Å². The Labute approximate surface area is 125 Å². The summed E-state index contributed by atoms with van der Waals surface area (Å²) >= 11 is 0. The zero-order valence-corrected chi connectivity index (χ0v) is 12.9. The lowest BCUT2D eigenvalue weighted by Crippen LogP contribution is -2.05. The molecule has 0 spiro atoms. The molecule has 0 bridgehead atoms. The molecule has 0 unspecified atom stereocenters. The van der Waals surface area contributed by atoms with Crippen molar-refractivity contribution in [3.05, 3.63) is 35.6 Å². The van der Waals surface area contributed by atoms with Crippen molar-refractivity contribution in [1.82, 2.24) is 0 Å². The van der Waals surface area contributed by atoms with E-state index in [4.69, 9.17) is 4.74 Å². The molecular formula is C16H23FO4. The third-order valence-electron chi connectivity index (χ3n) is 2.45. The normalized spacial score (nSPS) is 9.33. The molecule has 0 fully saturated rings. The molecule has 1 aromatic rings. The highest BCUT2D eigenvalue weighted by molar-refractivity contribution is 5.69. The molecular weight excluding hydrogens is 275 g/mol. The summed E-state index contributed by atoms with van der Waals surface area (Å²) < 4.78 is 22.0. The van der Waals surface area contributed by atoms with Gasteiger partial charge in [-0.2, -0.15) is 0 Å². The highest BCUT2D eigenvalue weighted by Gasteiger charge is 1.98. The number of hydrogen-bond acceptors (Lipinski definition) is 4. The van der Waals surface area contributed by atoms with Crippen LogP contribution in [0.1, 0.15) is 39.2 Å². The zero-order chi connectivity index (χ0) is 16.1. The number of benzene rings is 1. The molecule has 0 aliphatic rings. The first-order valence-corrected chi connectivity index (χ1v) is 7.09. The van der Waals surface area contributed by atoms with Crippen LogP contribution in [0.4, 0.5) is 4.39 Å². The maximum absolute atomic E-state index is 12.5. The molecule has 0 N–H and O–H groups in total. The predicted octanol–water partition coefficient (Wildman–Crippen LogP) is 3.28. The Morgan fingerprint density at radius 2 is 1.48 bits per heavy atom. The maximum Gasteiger partial charge on any atom is 0.305 e. The molecule has 0 amide bonds. The lowest BCUT2D eigenvalue weighted by molar-refractivity contribution is -0.143. The van der Waals surface area contributed by atoms with Gasteiger partial charge < -0.3 is 9.47 Å². The minimum Gasteiger partial charge on any atom is -0.466 e. The highest BCUT2D eigenvalue weighted by Crippen LogP contribution is 2.03. The predicted molar refractivity (Wildman–Crippen MR) is 78.3 cm³/mol. The van der Waals surface area contributed by atoms with Gasteiger partial charge in [0.25, 0.3) is 0 Å². The molecule has 4 nitrogen and oxygen atoms in total. The second kappa shape index (κ2) is 11.9. The lowest BCUT2D eigenvalue weighted by atomic mass is 10.2. The van der Waals surface area contributed by atoms with Gasteiger partial charge in [0.05, 0.1) is 13.2 Å². The number of carbonyl (C=O) groups excluding carboxylic acids is 2. The Bertz CT molecular complexity index is 415. The van der Waals surface area contributed by atoms with Crippen LogP contribution in [-0.2, 0) is 25.5 Å². The van der Waals surface area contributed by atoms with Gasteiger partial charge >= 0.3 is 11.9 Å². The van der Waals surface area contributed by atoms with Crippen LogP contribution >= 0.6 is 0 Å². The fraction of sp³-hybridized carbons (Fsp3) is 0.500. The van der Waals surface area contributed by atoms with Crippen LogP contribution in [0, 0.1) is 5.82 Å². The van der Waals surface area contributed by atoms with Gasteiger partial charge in [0.2, 0.25) is 0 Å². The van der Waals surface area contributed by atoms with Crippen LogP contribution in [0.5, 0.6) is 0 Å². The second-order valence-corrected chi connectivity index (χ2v) is 4.11. The third-order valence-corrected chi connectivity index (χ3v) is 2.45. The van der Waals surface area contributed by atoms with E-state index in [1.165, 1.54) is 12.1 Å². The zero-order valence-electron chi connectivity index (χ0n) is 12.9. The van der Waals surface area contributed by atoms with Crippen molar-refractivity contribution in [3.8, 4) is 0 Å². The monoisotopic (exact) mass is 298 g/mol. The number of rotatable bonds is 6. The van der Waals surface area contributed by atoms with Crippen LogP contribution in [0.25, 0.3) is 0 Å². The average Bonchev–Trinajstić information content (AvgIpc) is 2.50. The number of esters is 2. The summed E-state index contributed by atoms with van der Waals surface area (Å²) in [6, 6.07) is 6.18. The summed E-state index contributed by atoms with van der Waals surface area (Å²) in [7, 11) is 0. The van der Waals surface area contributed by atoms with E-state index in [0.29, 0.717) is 32.5 Å². The van der Waals surface area contributed by atoms with E-state index in [9.17, 15) is 14.0 Å². The molecule has 21 heavy (non-hydrogen) atoms. The molecule has 1 rings (SSSR count). The Kier molecular flexibility index (Phi) is 10.8. The van der Waals surface area contributed by atoms with Crippen molar-refractivity contribution in [1.29, 1.82) is 0 Å². The quantitative estimate of drug-likeness (QED) is 0.756. The standard InChI is InChI=1S/C11H13FO2.C5H10O2/c1-2-11(13)14-8-7-9-3-5-10(12)6-4-9;1-3-5(6)7-4-2/h3-6H,2,7-8H2,1H3;3-4H2,1-2H3. The molecule has 0 saturated heterocycles. The summed E-state index contributed by atoms with van der Waals surface area (Å²) in [5.74, 6) is -0.575. The number of hydrogen-bond donors (Lipinski definition) is 0. The third kappa shape index (κ3) is 10.5. The molecule has 5 heteroatoms. The summed E-state index contributed by atoms with van der Waals surface area (Å²) in [6.07, 6.45) is 1.50. The smallest absolute Gasteiger partial charge is 0.305 e. The van der Waals surface area contributed by atoms with Gasteiger partial charge in [-0.25, -0.2) is 4.39 Å². The van der Waals surface area contributed by atoms with Gasteiger partial charge in [-0.05, 0) is 24.6 Å². The van der Waals surface area contributed by atoms with Gasteiger partial charge in [0.15, 0.2) is 0 Å². The summed E-state index contributed by atoms with van der Waals surface area (Å²) in [5, 5.41) is 0. The van der Waals surface area contributed by atoms with Crippen molar-refractivity contribution in [2.24, 2.45) is 0 Å². The van der Waals surface area contributed by atoms with E-state index in [1.54, 1.807) is 32.9 Å². The number of halogens is 1. The lowest BCUT2D eigenvalue weighted by Gasteiger charge is -2.02.